The van der Waals surface area contributed by atoms with Crippen molar-refractivity contribution >= 4 is 33.6 Å². The molecule has 3 heterocycles. The first-order valence-corrected chi connectivity index (χ1v) is 9.28. The molecule has 0 aliphatic heterocycles. The molecule has 0 fully saturated rings. The first kappa shape index (κ1) is 17.1. The molecule has 7 heteroatoms. The van der Waals surface area contributed by atoms with Crippen LogP contribution in [-0.4, -0.2) is 24.5 Å². The third kappa shape index (κ3) is 3.23. The summed E-state index contributed by atoms with van der Waals surface area (Å²) in [7, 11) is 2.05. The van der Waals surface area contributed by atoms with E-state index in [0.717, 1.165) is 33.4 Å². The topological polar surface area (TPSA) is 94.5 Å². The first-order valence-electron chi connectivity index (χ1n) is 9.28. The smallest absolute Gasteiger partial charge is 0.219 e. The molecule has 29 heavy (non-hydrogen) atoms. The van der Waals surface area contributed by atoms with Crippen molar-refractivity contribution in [2.45, 2.75) is 6.54 Å². The van der Waals surface area contributed by atoms with Gasteiger partial charge in [-0.15, -0.1) is 0 Å². The summed E-state index contributed by atoms with van der Waals surface area (Å²) >= 11 is 0. The Hall–Kier alpha value is -4.00. The number of nitrogens with one attached hydrogen (secondary N) is 1. The number of hydrogen-bond acceptors (Lipinski definition) is 6. The minimum absolute atomic E-state index is 0.272. The molecule has 0 bridgehead atoms. The number of nitrogens with two attached hydrogens (primary N) is 1. The van der Waals surface area contributed by atoms with Crippen molar-refractivity contribution in [2.75, 3.05) is 11.1 Å². The summed E-state index contributed by atoms with van der Waals surface area (Å²) in [6, 6.07) is 12.7. The number of hydrogen-bond donors (Lipinski definition) is 2. The molecule has 3 N–H and O–H groups in total. The quantitative estimate of drug-likeness (QED) is 0.492. The van der Waals surface area contributed by atoms with Crippen LogP contribution < -0.4 is 11.1 Å². The van der Waals surface area contributed by atoms with Crippen molar-refractivity contribution < 1.29 is 0 Å². The zero-order valence-corrected chi connectivity index (χ0v) is 15.9. The van der Waals surface area contributed by atoms with Crippen molar-refractivity contribution in [2.24, 2.45) is 7.05 Å². The predicted molar refractivity (Wildman–Crippen MR) is 115 cm³/mol. The Morgan fingerprint density at radius 2 is 1.79 bits per heavy atom. The summed E-state index contributed by atoms with van der Waals surface area (Å²) in [6.07, 6.45) is 8.95. The van der Waals surface area contributed by atoms with Gasteiger partial charge in [-0.05, 0) is 35.9 Å². The summed E-state index contributed by atoms with van der Waals surface area (Å²) in [4.78, 5) is 17.2. The van der Waals surface area contributed by atoms with Gasteiger partial charge in [0.05, 0.1) is 11.0 Å². The minimum atomic E-state index is 0.272. The number of benzene rings is 2. The Labute approximate surface area is 167 Å². The van der Waals surface area contributed by atoms with Crippen molar-refractivity contribution in [1.82, 2.24) is 24.5 Å². The molecule has 5 aromatic rings. The Kier molecular flexibility index (Phi) is 4.05. The minimum Gasteiger partial charge on any atom is -0.381 e. The maximum atomic E-state index is 5.56. The zero-order chi connectivity index (χ0) is 19.8. The summed E-state index contributed by atoms with van der Waals surface area (Å²) < 4.78 is 2.11. The van der Waals surface area contributed by atoms with Gasteiger partial charge in [-0.2, -0.15) is 0 Å². The van der Waals surface area contributed by atoms with Crippen LogP contribution in [0.5, 0.6) is 0 Å². The van der Waals surface area contributed by atoms with Gasteiger partial charge in [-0.25, -0.2) is 9.97 Å². The van der Waals surface area contributed by atoms with Crippen LogP contribution >= 0.6 is 0 Å². The third-order valence-corrected chi connectivity index (χ3v) is 4.99. The zero-order valence-electron chi connectivity index (χ0n) is 15.9. The second-order valence-corrected chi connectivity index (χ2v) is 6.95. The molecule has 0 unspecified atom stereocenters. The van der Waals surface area contributed by atoms with E-state index in [2.05, 4.69) is 66.3 Å². The van der Waals surface area contributed by atoms with Gasteiger partial charge < -0.3 is 15.6 Å². The average Bonchev–Trinajstić information content (AvgIpc) is 3.13. The highest BCUT2D eigenvalue weighted by molar-refractivity contribution is 5.97. The number of nitrogens with zero attached hydrogens (tertiary/aromatic N) is 5. The van der Waals surface area contributed by atoms with E-state index < -0.39 is 0 Å². The van der Waals surface area contributed by atoms with Gasteiger partial charge in [0.25, 0.3) is 0 Å². The molecule has 0 amide bonds. The number of fused-ring (bicyclic) bond motifs is 2. The van der Waals surface area contributed by atoms with E-state index in [4.69, 9.17) is 5.73 Å². The fourth-order valence-corrected chi connectivity index (χ4v) is 3.51. The van der Waals surface area contributed by atoms with Gasteiger partial charge in [0.1, 0.15) is 0 Å². The Morgan fingerprint density at radius 1 is 0.966 bits per heavy atom. The monoisotopic (exact) mass is 381 g/mol. The molecule has 7 nitrogen and oxygen atoms in total. The second kappa shape index (κ2) is 6.87. The van der Waals surface area contributed by atoms with Crippen LogP contribution in [0.1, 0.15) is 5.56 Å². The highest BCUT2D eigenvalue weighted by Gasteiger charge is 2.10. The van der Waals surface area contributed by atoms with Crippen LogP contribution in [-0.2, 0) is 13.6 Å². The lowest BCUT2D eigenvalue weighted by Crippen LogP contribution is -2.03. The van der Waals surface area contributed by atoms with E-state index in [1.807, 2.05) is 13.1 Å². The lowest BCUT2D eigenvalue weighted by atomic mass is 10.0. The molecular formula is C22H19N7. The normalized spacial score (nSPS) is 11.2. The lowest BCUT2D eigenvalue weighted by molar-refractivity contribution is 0.969. The molecule has 0 aliphatic carbocycles. The third-order valence-electron chi connectivity index (χ3n) is 4.99. The van der Waals surface area contributed by atoms with Crippen LogP contribution in [0.25, 0.3) is 33.1 Å². The fraction of sp³-hybridized carbons (Fsp3) is 0.0909. The molecule has 0 radical (unpaired) electrons. The van der Waals surface area contributed by atoms with E-state index in [-0.39, 0.29) is 5.95 Å². The van der Waals surface area contributed by atoms with Crippen LogP contribution in [0.3, 0.4) is 0 Å². The van der Waals surface area contributed by atoms with Crippen molar-refractivity contribution in [1.29, 1.82) is 0 Å². The number of rotatable bonds is 4. The average molecular weight is 381 g/mol. The largest absolute Gasteiger partial charge is 0.381 e. The van der Waals surface area contributed by atoms with E-state index in [0.29, 0.717) is 6.54 Å². The van der Waals surface area contributed by atoms with Crippen LogP contribution in [0.4, 0.5) is 11.6 Å². The number of aromatic nitrogens is 5. The number of nitrogen functional groups attached to an aromatic ring is 1. The summed E-state index contributed by atoms with van der Waals surface area (Å²) in [5.41, 5.74) is 12.5. The molecule has 142 valence electrons. The Bertz CT molecular complexity index is 1320. The SMILES string of the molecule is Cn1ccc2cc(-c3cc(NCc4cnc(N)nc4)cc4nccnc34)ccc21. The van der Waals surface area contributed by atoms with Crippen LogP contribution in [0.15, 0.2) is 67.4 Å². The highest BCUT2D eigenvalue weighted by atomic mass is 15.0. The van der Waals surface area contributed by atoms with Gasteiger partial charge >= 0.3 is 0 Å². The molecule has 2 aromatic carbocycles. The summed E-state index contributed by atoms with van der Waals surface area (Å²) in [5.74, 6) is 0.272. The van der Waals surface area contributed by atoms with Crippen molar-refractivity contribution in [3.05, 3.63) is 72.9 Å². The van der Waals surface area contributed by atoms with Crippen LogP contribution in [0.2, 0.25) is 0 Å². The van der Waals surface area contributed by atoms with Crippen molar-refractivity contribution in [3.8, 4) is 11.1 Å². The maximum Gasteiger partial charge on any atom is 0.219 e. The molecule has 0 aliphatic rings. The number of anilines is 2. The first-order chi connectivity index (χ1) is 14.2. The molecule has 0 spiro atoms. The Balaban J connectivity index is 1.56. The van der Waals surface area contributed by atoms with E-state index in [1.54, 1.807) is 24.8 Å². The lowest BCUT2D eigenvalue weighted by Gasteiger charge is -2.12. The molecule has 0 atom stereocenters. The van der Waals surface area contributed by atoms with E-state index in [9.17, 15) is 0 Å². The molecule has 0 saturated heterocycles. The Morgan fingerprint density at radius 3 is 2.66 bits per heavy atom. The second-order valence-electron chi connectivity index (χ2n) is 6.95. The van der Waals surface area contributed by atoms with Gasteiger partial charge in [0.15, 0.2) is 0 Å². The van der Waals surface area contributed by atoms with Gasteiger partial charge in [-0.3, -0.25) is 9.97 Å². The molecular weight excluding hydrogens is 362 g/mol. The van der Waals surface area contributed by atoms with E-state index >= 15 is 0 Å². The standard InChI is InChI=1S/C22H19N7/c1-29-7-4-16-8-15(2-3-20(16)29)18-9-17(10-19-21(18)25-6-5-24-19)26-11-14-12-27-22(23)28-13-14/h2-10,12-13,26H,11H2,1H3,(H2,23,27,28). The van der Waals surface area contributed by atoms with Gasteiger partial charge in [0.2, 0.25) is 5.95 Å². The molecule has 0 saturated carbocycles. The van der Waals surface area contributed by atoms with E-state index in [1.165, 1.54) is 10.9 Å². The maximum absolute atomic E-state index is 5.56. The summed E-state index contributed by atoms with van der Waals surface area (Å²) in [6.45, 7) is 0.587. The number of aryl methyl sites for hydroxylation is 1. The molecule has 3 aromatic heterocycles. The molecule has 5 rings (SSSR count). The fourth-order valence-electron chi connectivity index (χ4n) is 3.51. The highest BCUT2D eigenvalue weighted by Crippen LogP contribution is 2.32. The van der Waals surface area contributed by atoms with Crippen LogP contribution in [0, 0.1) is 0 Å². The predicted octanol–water partition coefficient (Wildman–Crippen LogP) is 3.77. The van der Waals surface area contributed by atoms with Gasteiger partial charge in [-0.1, -0.05) is 6.07 Å². The van der Waals surface area contributed by atoms with Crippen molar-refractivity contribution in [3.63, 3.8) is 0 Å². The summed E-state index contributed by atoms with van der Waals surface area (Å²) in [5, 5.41) is 4.63. The van der Waals surface area contributed by atoms with Gasteiger partial charge in [0, 0.05) is 72.3 Å².